The second kappa shape index (κ2) is 12.3. The molecule has 0 bridgehead atoms. The van der Waals surface area contributed by atoms with Crippen LogP contribution in [-0.4, -0.2) is 19.9 Å². The molecule has 0 saturated heterocycles. The average Bonchev–Trinajstić information content (AvgIpc) is 3.15. The first-order chi connectivity index (χ1) is 23.2. The lowest BCUT2D eigenvalue weighted by Gasteiger charge is -2.14. The van der Waals surface area contributed by atoms with Crippen molar-refractivity contribution in [3.63, 3.8) is 0 Å². The monoisotopic (exact) mass is 602 g/mol. The molecule has 222 valence electrons. The van der Waals surface area contributed by atoms with E-state index in [2.05, 4.69) is 102 Å². The summed E-state index contributed by atoms with van der Waals surface area (Å²) in [6.45, 7) is 2.01. The largest absolute Gasteiger partial charge is 0.261 e. The molecule has 0 N–H and O–H groups in total. The van der Waals surface area contributed by atoms with Crippen molar-refractivity contribution in [2.24, 2.45) is 0 Å². The first-order valence-corrected chi connectivity index (χ1v) is 15.7. The second-order valence-electron chi connectivity index (χ2n) is 11.6. The van der Waals surface area contributed by atoms with Crippen LogP contribution in [0.25, 0.3) is 78.3 Å². The van der Waals surface area contributed by atoms with E-state index in [1.807, 2.05) is 73.8 Å². The zero-order valence-electron chi connectivity index (χ0n) is 25.9. The molecule has 4 heteroatoms. The van der Waals surface area contributed by atoms with E-state index in [-0.39, 0.29) is 0 Å². The van der Waals surface area contributed by atoms with Gasteiger partial charge in [-0.25, -0.2) is 15.0 Å². The molecule has 0 aliphatic carbocycles. The van der Waals surface area contributed by atoms with Crippen molar-refractivity contribution in [2.75, 3.05) is 0 Å². The molecule has 0 fully saturated rings. The lowest BCUT2D eigenvalue weighted by Crippen LogP contribution is -2.00. The molecular formula is C43H30N4. The van der Waals surface area contributed by atoms with E-state index in [0.29, 0.717) is 17.5 Å². The molecule has 0 unspecified atom stereocenters. The van der Waals surface area contributed by atoms with Gasteiger partial charge in [0, 0.05) is 34.1 Å². The maximum atomic E-state index is 5.07. The van der Waals surface area contributed by atoms with Crippen LogP contribution in [0.2, 0.25) is 0 Å². The zero-order chi connectivity index (χ0) is 31.6. The van der Waals surface area contributed by atoms with Gasteiger partial charge in [-0.3, -0.25) is 4.98 Å². The highest BCUT2D eigenvalue weighted by atomic mass is 15.0. The van der Waals surface area contributed by atoms with E-state index in [0.717, 1.165) is 55.8 Å². The topological polar surface area (TPSA) is 51.6 Å². The van der Waals surface area contributed by atoms with Crippen molar-refractivity contribution in [3.05, 3.63) is 170 Å². The third kappa shape index (κ3) is 5.81. The maximum absolute atomic E-state index is 5.07. The molecule has 0 saturated carbocycles. The highest BCUT2D eigenvalue weighted by molar-refractivity contribution is 5.98. The fourth-order valence-corrected chi connectivity index (χ4v) is 6.01. The lowest BCUT2D eigenvalue weighted by molar-refractivity contribution is 1.07. The molecule has 8 aromatic rings. The molecule has 0 aliphatic heterocycles. The molecule has 0 atom stereocenters. The third-order valence-electron chi connectivity index (χ3n) is 8.43. The van der Waals surface area contributed by atoms with Crippen LogP contribution in [0, 0.1) is 6.92 Å². The van der Waals surface area contributed by atoms with Gasteiger partial charge in [-0.05, 0) is 75.8 Å². The fourth-order valence-electron chi connectivity index (χ4n) is 6.01. The number of aryl methyl sites for hydroxylation is 1. The van der Waals surface area contributed by atoms with E-state index in [1.165, 1.54) is 10.8 Å². The predicted octanol–water partition coefficient (Wildman–Crippen LogP) is 10.7. The molecule has 47 heavy (non-hydrogen) atoms. The summed E-state index contributed by atoms with van der Waals surface area (Å²) in [5.41, 5.74) is 10.4. The van der Waals surface area contributed by atoms with Crippen LogP contribution in [0.15, 0.2) is 164 Å². The maximum Gasteiger partial charge on any atom is 0.164 e. The quantitative estimate of drug-likeness (QED) is 0.190. The molecular weight excluding hydrogens is 573 g/mol. The number of fused-ring (bicyclic) bond motifs is 1. The van der Waals surface area contributed by atoms with Crippen LogP contribution in [0.5, 0.6) is 0 Å². The van der Waals surface area contributed by atoms with Gasteiger partial charge >= 0.3 is 0 Å². The second-order valence-corrected chi connectivity index (χ2v) is 11.6. The van der Waals surface area contributed by atoms with E-state index in [9.17, 15) is 0 Å². The van der Waals surface area contributed by atoms with Gasteiger partial charge in [-0.15, -0.1) is 0 Å². The SMILES string of the molecule is Cc1ccc(-c2cccc(-c3cc(-c4nc(-c5ccccc5)nc(-c5ccccc5)n4)cc(-c4cccc5ccccc45)c3)c2)cn1. The van der Waals surface area contributed by atoms with E-state index in [4.69, 9.17) is 15.0 Å². The minimum atomic E-state index is 0.625. The van der Waals surface area contributed by atoms with E-state index >= 15 is 0 Å². The normalized spacial score (nSPS) is 11.1. The average molecular weight is 603 g/mol. The highest BCUT2D eigenvalue weighted by Gasteiger charge is 2.16. The number of hydrogen-bond donors (Lipinski definition) is 0. The number of benzene rings is 6. The van der Waals surface area contributed by atoms with Crippen LogP contribution in [0.4, 0.5) is 0 Å². The zero-order valence-corrected chi connectivity index (χ0v) is 25.9. The number of pyridine rings is 1. The van der Waals surface area contributed by atoms with Gasteiger partial charge in [-0.2, -0.15) is 0 Å². The summed E-state index contributed by atoms with van der Waals surface area (Å²) in [4.78, 5) is 19.6. The van der Waals surface area contributed by atoms with Crippen molar-refractivity contribution in [3.8, 4) is 67.5 Å². The van der Waals surface area contributed by atoms with Crippen LogP contribution in [0.3, 0.4) is 0 Å². The fraction of sp³-hybridized carbons (Fsp3) is 0.0233. The molecule has 8 rings (SSSR count). The lowest BCUT2D eigenvalue weighted by atomic mass is 9.92. The summed E-state index contributed by atoms with van der Waals surface area (Å²) < 4.78 is 0. The van der Waals surface area contributed by atoms with Crippen LogP contribution < -0.4 is 0 Å². The molecule has 0 aliphatic rings. The van der Waals surface area contributed by atoms with E-state index in [1.54, 1.807) is 0 Å². The van der Waals surface area contributed by atoms with Crippen molar-refractivity contribution < 1.29 is 0 Å². The minimum Gasteiger partial charge on any atom is -0.261 e. The Morgan fingerprint density at radius 1 is 0.362 bits per heavy atom. The molecule has 4 nitrogen and oxygen atoms in total. The highest BCUT2D eigenvalue weighted by Crippen LogP contribution is 2.37. The van der Waals surface area contributed by atoms with Crippen LogP contribution in [0.1, 0.15) is 5.69 Å². The van der Waals surface area contributed by atoms with Crippen molar-refractivity contribution in [1.29, 1.82) is 0 Å². The van der Waals surface area contributed by atoms with Gasteiger partial charge in [0.05, 0.1) is 0 Å². The van der Waals surface area contributed by atoms with Gasteiger partial charge in [0.2, 0.25) is 0 Å². The summed E-state index contributed by atoms with van der Waals surface area (Å²) >= 11 is 0. The smallest absolute Gasteiger partial charge is 0.164 e. The van der Waals surface area contributed by atoms with E-state index < -0.39 is 0 Å². The molecule has 2 aromatic heterocycles. The Bertz CT molecular complexity index is 2290. The molecule has 0 radical (unpaired) electrons. The first kappa shape index (κ1) is 28.2. The van der Waals surface area contributed by atoms with Gasteiger partial charge in [0.25, 0.3) is 0 Å². The summed E-state index contributed by atoms with van der Waals surface area (Å²) in [6, 6.07) is 54.7. The minimum absolute atomic E-state index is 0.625. The Hall–Kier alpha value is -6.26. The molecule has 0 amide bonds. The number of aromatic nitrogens is 4. The predicted molar refractivity (Wildman–Crippen MR) is 192 cm³/mol. The first-order valence-electron chi connectivity index (χ1n) is 15.7. The van der Waals surface area contributed by atoms with Crippen molar-refractivity contribution in [2.45, 2.75) is 6.92 Å². The van der Waals surface area contributed by atoms with Gasteiger partial charge in [0.1, 0.15) is 0 Å². The molecule has 0 spiro atoms. The Morgan fingerprint density at radius 2 is 0.872 bits per heavy atom. The number of hydrogen-bond acceptors (Lipinski definition) is 4. The Kier molecular flexibility index (Phi) is 7.37. The van der Waals surface area contributed by atoms with Gasteiger partial charge in [0.15, 0.2) is 17.5 Å². The Labute approximate surface area is 274 Å². The van der Waals surface area contributed by atoms with Crippen LogP contribution in [-0.2, 0) is 0 Å². The molecule has 2 heterocycles. The summed E-state index contributed by atoms with van der Waals surface area (Å²) in [5.74, 6) is 1.90. The molecule has 6 aromatic carbocycles. The number of nitrogens with zero attached hydrogens (tertiary/aromatic N) is 4. The third-order valence-corrected chi connectivity index (χ3v) is 8.43. The van der Waals surface area contributed by atoms with Crippen molar-refractivity contribution in [1.82, 2.24) is 19.9 Å². The Morgan fingerprint density at radius 3 is 1.55 bits per heavy atom. The van der Waals surface area contributed by atoms with Gasteiger partial charge < -0.3 is 0 Å². The number of rotatable bonds is 6. The van der Waals surface area contributed by atoms with Crippen molar-refractivity contribution >= 4 is 10.8 Å². The Balaban J connectivity index is 1.36. The van der Waals surface area contributed by atoms with Crippen LogP contribution >= 0.6 is 0 Å². The summed E-state index contributed by atoms with van der Waals surface area (Å²) in [5, 5.41) is 2.40. The van der Waals surface area contributed by atoms with Gasteiger partial charge in [-0.1, -0.05) is 127 Å². The standard InChI is InChI=1S/C43H30N4/c1-29-22-23-35(28-44-29)33-18-10-19-34(24-33)36-25-37(40-21-11-17-30-12-8-9-20-39(30)40)27-38(26-36)43-46-41(31-13-4-2-5-14-31)45-42(47-43)32-15-6-3-7-16-32/h2-28H,1H3. The summed E-state index contributed by atoms with van der Waals surface area (Å²) in [7, 11) is 0. The summed E-state index contributed by atoms with van der Waals surface area (Å²) in [6.07, 6.45) is 1.94.